The lowest BCUT2D eigenvalue weighted by Gasteiger charge is -2.25. The van der Waals surface area contributed by atoms with Crippen molar-refractivity contribution >= 4 is 35.6 Å². The number of unbranched alkanes of at least 4 members (excludes halogenated alkanes) is 1. The zero-order valence-corrected chi connectivity index (χ0v) is 20.9. The van der Waals surface area contributed by atoms with E-state index in [2.05, 4.69) is 16.0 Å². The van der Waals surface area contributed by atoms with Crippen LogP contribution in [0.2, 0.25) is 0 Å². The van der Waals surface area contributed by atoms with Crippen molar-refractivity contribution < 1.29 is 39.0 Å². The fourth-order valence-electron chi connectivity index (χ4n) is 3.45. The number of rotatable bonds is 18. The maximum atomic E-state index is 13.1. The molecule has 0 saturated heterocycles. The van der Waals surface area contributed by atoms with Gasteiger partial charge in [0.05, 0.1) is 12.5 Å². The van der Waals surface area contributed by atoms with Crippen molar-refractivity contribution in [2.75, 3.05) is 6.54 Å². The van der Waals surface area contributed by atoms with Gasteiger partial charge in [-0.1, -0.05) is 30.3 Å². The third kappa shape index (κ3) is 12.3. The lowest BCUT2D eigenvalue weighted by molar-refractivity contribution is -0.143. The number of nitrogens with one attached hydrogen (secondary N) is 3. The molecule has 0 spiro atoms. The summed E-state index contributed by atoms with van der Waals surface area (Å²) in [4.78, 5) is 72.4. The fourth-order valence-corrected chi connectivity index (χ4v) is 3.45. The van der Waals surface area contributed by atoms with Crippen LogP contribution in [0.1, 0.15) is 44.1 Å². The van der Waals surface area contributed by atoms with Crippen LogP contribution in [0.5, 0.6) is 0 Å². The molecule has 0 saturated carbocycles. The highest BCUT2D eigenvalue weighted by Gasteiger charge is 2.31. The van der Waals surface area contributed by atoms with Crippen molar-refractivity contribution in [3.63, 3.8) is 0 Å². The molecule has 0 aliphatic rings. The van der Waals surface area contributed by atoms with Gasteiger partial charge in [0.1, 0.15) is 18.1 Å². The topological polar surface area (TPSA) is 257 Å². The van der Waals surface area contributed by atoms with E-state index < -0.39 is 66.2 Å². The van der Waals surface area contributed by atoms with E-state index in [1.54, 1.807) is 30.3 Å². The summed E-state index contributed by atoms with van der Waals surface area (Å²) in [5.74, 6) is -6.05. The summed E-state index contributed by atoms with van der Waals surface area (Å²) >= 11 is 0. The lowest BCUT2D eigenvalue weighted by Crippen LogP contribution is -2.58. The summed E-state index contributed by atoms with van der Waals surface area (Å²) in [5, 5.41) is 25.8. The molecule has 0 fully saturated rings. The van der Waals surface area contributed by atoms with E-state index in [-0.39, 0.29) is 25.7 Å². The number of aliphatic carboxylic acids is 2. The van der Waals surface area contributed by atoms with E-state index in [0.717, 1.165) is 0 Å². The van der Waals surface area contributed by atoms with Crippen molar-refractivity contribution in [2.24, 2.45) is 17.2 Å². The maximum absolute atomic E-state index is 13.1. The molecular formula is C24H36N6O8. The van der Waals surface area contributed by atoms with Crippen LogP contribution in [-0.4, -0.2) is 76.5 Å². The number of carboxylic acid groups (broad SMARTS) is 2. The minimum Gasteiger partial charge on any atom is -0.481 e. The van der Waals surface area contributed by atoms with Crippen LogP contribution in [0.15, 0.2) is 30.3 Å². The van der Waals surface area contributed by atoms with Crippen LogP contribution in [0, 0.1) is 0 Å². The van der Waals surface area contributed by atoms with E-state index in [1.807, 2.05) is 0 Å². The van der Waals surface area contributed by atoms with Gasteiger partial charge in [-0.2, -0.15) is 0 Å². The molecule has 0 radical (unpaired) electrons. The minimum absolute atomic E-state index is 0.0422. The first kappa shape index (κ1) is 32.0. The van der Waals surface area contributed by atoms with Gasteiger partial charge < -0.3 is 43.4 Å². The number of primary amides is 1. The number of carbonyl (C=O) groups is 6. The Hall–Kier alpha value is -4.04. The zero-order valence-electron chi connectivity index (χ0n) is 20.9. The first-order valence-electron chi connectivity index (χ1n) is 12.1. The second-order valence-corrected chi connectivity index (χ2v) is 8.71. The van der Waals surface area contributed by atoms with Crippen LogP contribution in [0.25, 0.3) is 0 Å². The normalized spacial score (nSPS) is 13.8. The molecule has 1 aromatic carbocycles. The average Bonchev–Trinajstić information content (AvgIpc) is 2.85. The van der Waals surface area contributed by atoms with Crippen molar-refractivity contribution in [3.05, 3.63) is 35.9 Å². The maximum Gasteiger partial charge on any atom is 0.326 e. The molecule has 4 atom stereocenters. The average molecular weight is 537 g/mol. The second kappa shape index (κ2) is 16.7. The number of carbonyl (C=O) groups excluding carboxylic acids is 4. The largest absolute Gasteiger partial charge is 0.481 e. The molecule has 1 aromatic rings. The SMILES string of the molecule is NCCCCC(NC(=O)C(Cc1ccccc1)NC(=O)C(CC(=O)O)NC(=O)C(N)CCC(N)=O)C(=O)O. The number of carboxylic acids is 2. The van der Waals surface area contributed by atoms with Crippen LogP contribution in [-0.2, 0) is 35.2 Å². The zero-order chi connectivity index (χ0) is 28.7. The second-order valence-electron chi connectivity index (χ2n) is 8.71. The molecule has 11 N–H and O–H groups in total. The summed E-state index contributed by atoms with van der Waals surface area (Å²) < 4.78 is 0. The minimum atomic E-state index is -1.61. The molecule has 0 heterocycles. The Bertz CT molecular complexity index is 974. The Morgan fingerprint density at radius 1 is 0.789 bits per heavy atom. The van der Waals surface area contributed by atoms with Gasteiger partial charge in [0, 0.05) is 12.8 Å². The van der Waals surface area contributed by atoms with Crippen LogP contribution in [0.3, 0.4) is 0 Å². The number of hydrogen-bond donors (Lipinski definition) is 8. The predicted octanol–water partition coefficient (Wildman–Crippen LogP) is -2.04. The molecule has 0 bridgehead atoms. The Kier molecular flexibility index (Phi) is 14.0. The summed E-state index contributed by atoms with van der Waals surface area (Å²) in [6.45, 7) is 0.357. The monoisotopic (exact) mass is 536 g/mol. The highest BCUT2D eigenvalue weighted by atomic mass is 16.4. The molecule has 4 unspecified atom stereocenters. The predicted molar refractivity (Wildman–Crippen MR) is 135 cm³/mol. The van der Waals surface area contributed by atoms with Crippen molar-refractivity contribution in [1.29, 1.82) is 0 Å². The van der Waals surface area contributed by atoms with E-state index in [4.69, 9.17) is 17.2 Å². The van der Waals surface area contributed by atoms with Crippen LogP contribution < -0.4 is 33.2 Å². The third-order valence-electron chi connectivity index (χ3n) is 5.53. The van der Waals surface area contributed by atoms with Crippen molar-refractivity contribution in [3.8, 4) is 0 Å². The molecule has 38 heavy (non-hydrogen) atoms. The van der Waals surface area contributed by atoms with Crippen LogP contribution >= 0.6 is 0 Å². The first-order valence-corrected chi connectivity index (χ1v) is 12.1. The number of hydrogen-bond acceptors (Lipinski definition) is 8. The highest BCUT2D eigenvalue weighted by Crippen LogP contribution is 2.07. The highest BCUT2D eigenvalue weighted by molar-refractivity contribution is 5.95. The van der Waals surface area contributed by atoms with Crippen molar-refractivity contribution in [2.45, 2.75) is 69.1 Å². The third-order valence-corrected chi connectivity index (χ3v) is 5.53. The number of amides is 4. The molecule has 1 rings (SSSR count). The van der Waals surface area contributed by atoms with Crippen LogP contribution in [0.4, 0.5) is 0 Å². The molecule has 210 valence electrons. The molecule has 14 heteroatoms. The quantitative estimate of drug-likeness (QED) is 0.0953. The Morgan fingerprint density at radius 2 is 1.37 bits per heavy atom. The van der Waals surface area contributed by atoms with Gasteiger partial charge in [-0.25, -0.2) is 4.79 Å². The standard InChI is InChI=1S/C24H36N6O8/c25-11-5-4-8-16(24(37)38)28-22(35)17(12-14-6-2-1-3-7-14)30-23(36)18(13-20(32)33)29-21(34)15(26)9-10-19(27)31/h1-3,6-7,15-18H,4-5,8-13,25-26H2,(H2,27,31)(H,28,35)(H,29,34)(H,30,36)(H,32,33)(H,37,38). The molecule has 14 nitrogen and oxygen atoms in total. The van der Waals surface area contributed by atoms with Gasteiger partial charge in [-0.3, -0.25) is 24.0 Å². The molecule has 0 aliphatic heterocycles. The summed E-state index contributed by atoms with van der Waals surface area (Å²) in [7, 11) is 0. The van der Waals surface area contributed by atoms with E-state index in [9.17, 15) is 39.0 Å². The Balaban J connectivity index is 3.08. The summed E-state index contributed by atoms with van der Waals surface area (Å²) in [6, 6.07) is 3.17. The molecule has 0 aromatic heterocycles. The number of nitrogens with two attached hydrogens (primary N) is 3. The fraction of sp³-hybridized carbons (Fsp3) is 0.500. The van der Waals surface area contributed by atoms with Gasteiger partial charge in [-0.05, 0) is 37.8 Å². The summed E-state index contributed by atoms with van der Waals surface area (Å²) in [5.41, 5.74) is 16.8. The van der Waals surface area contributed by atoms with E-state index >= 15 is 0 Å². The van der Waals surface area contributed by atoms with Gasteiger partial charge in [0.25, 0.3) is 0 Å². The first-order chi connectivity index (χ1) is 17.9. The molecule has 4 amide bonds. The Labute approximate surface area is 219 Å². The number of benzene rings is 1. The molecule has 0 aliphatic carbocycles. The summed E-state index contributed by atoms with van der Waals surface area (Å²) in [6.07, 6.45) is -0.0581. The molecular weight excluding hydrogens is 500 g/mol. The Morgan fingerprint density at radius 3 is 1.92 bits per heavy atom. The van der Waals surface area contributed by atoms with Gasteiger partial charge in [0.2, 0.25) is 23.6 Å². The van der Waals surface area contributed by atoms with E-state index in [0.29, 0.717) is 24.9 Å². The lowest BCUT2D eigenvalue weighted by atomic mass is 10.0. The van der Waals surface area contributed by atoms with Gasteiger partial charge in [0.15, 0.2) is 0 Å². The van der Waals surface area contributed by atoms with E-state index in [1.165, 1.54) is 0 Å². The smallest absolute Gasteiger partial charge is 0.326 e. The van der Waals surface area contributed by atoms with Gasteiger partial charge in [-0.15, -0.1) is 0 Å². The van der Waals surface area contributed by atoms with Gasteiger partial charge >= 0.3 is 11.9 Å². The van der Waals surface area contributed by atoms with Crippen molar-refractivity contribution in [1.82, 2.24) is 16.0 Å².